The second kappa shape index (κ2) is 15.9. The van der Waals surface area contributed by atoms with Gasteiger partial charge in [-0.2, -0.15) is 10.1 Å². The molecule has 258 valence electrons. The number of nitrogens with two attached hydrogens (primary N) is 2. The number of amidine groups is 1. The van der Waals surface area contributed by atoms with E-state index >= 15 is 0 Å². The number of carbonyl (C=O) groups excluding carboxylic acids is 1. The van der Waals surface area contributed by atoms with Crippen molar-refractivity contribution in [3.05, 3.63) is 129 Å². The summed E-state index contributed by atoms with van der Waals surface area (Å²) >= 11 is 0. The lowest BCUT2D eigenvalue weighted by molar-refractivity contribution is -0.763. The molecule has 16 heteroatoms. The average molecular weight is 684 g/mol. The number of hydrogen-bond donors (Lipinski definition) is 3. The van der Waals surface area contributed by atoms with E-state index in [4.69, 9.17) is 25.8 Å². The Morgan fingerprint density at radius 3 is 2.36 bits per heavy atom. The number of para-hydroxylation sites is 1. The average Bonchev–Trinajstić information content (AvgIpc) is 3.46. The van der Waals surface area contributed by atoms with Crippen LogP contribution in [-0.4, -0.2) is 56.2 Å². The summed E-state index contributed by atoms with van der Waals surface area (Å²) in [6.07, 6.45) is -1.02. The summed E-state index contributed by atoms with van der Waals surface area (Å²) in [6, 6.07) is 26.7. The van der Waals surface area contributed by atoms with Crippen LogP contribution in [0.5, 0.6) is 6.01 Å². The molecule has 0 aliphatic rings. The summed E-state index contributed by atoms with van der Waals surface area (Å²) in [6.45, 7) is 1.66. The molecule has 0 aliphatic heterocycles. The Balaban J connectivity index is 1.23. The molecule has 16 nitrogen and oxygen atoms in total. The number of rotatable bonds is 15. The minimum atomic E-state index is -1.06. The van der Waals surface area contributed by atoms with Gasteiger partial charge in [-0.1, -0.05) is 78.9 Å². The zero-order chi connectivity index (χ0) is 35.6. The molecule has 0 bridgehead atoms. The first-order valence-corrected chi connectivity index (χ1v) is 15.2. The smallest absolute Gasteiger partial charge is 0.478 e. The zero-order valence-corrected chi connectivity index (χ0v) is 26.8. The molecule has 1 aromatic heterocycles. The highest BCUT2D eigenvalue weighted by Crippen LogP contribution is 2.28. The second-order valence-electron chi connectivity index (χ2n) is 10.7. The third-order valence-corrected chi connectivity index (χ3v) is 7.28. The number of hydrogen-bond acceptors (Lipinski definition) is 12. The molecule has 0 radical (unpaired) electrons. The summed E-state index contributed by atoms with van der Waals surface area (Å²) in [5.74, 6) is 4.93. The van der Waals surface area contributed by atoms with Gasteiger partial charge in [0.05, 0.1) is 29.7 Å². The van der Waals surface area contributed by atoms with Crippen molar-refractivity contribution in [3.63, 3.8) is 0 Å². The predicted octanol–water partition coefficient (Wildman–Crippen LogP) is 4.66. The topological polar surface area (TPSA) is 220 Å². The molecule has 0 spiro atoms. The van der Waals surface area contributed by atoms with Crippen molar-refractivity contribution >= 4 is 29.0 Å². The van der Waals surface area contributed by atoms with Crippen molar-refractivity contribution in [2.24, 2.45) is 16.7 Å². The van der Waals surface area contributed by atoms with E-state index in [0.29, 0.717) is 46.9 Å². The number of carboxylic acids is 1. The Morgan fingerprint density at radius 2 is 1.64 bits per heavy atom. The van der Waals surface area contributed by atoms with Gasteiger partial charge in [0.2, 0.25) is 0 Å². The Hall–Kier alpha value is -6.68. The lowest BCUT2D eigenvalue weighted by Crippen LogP contribution is -2.33. The Bertz CT molecular complexity index is 2030. The van der Waals surface area contributed by atoms with Crippen LogP contribution in [0.4, 0.5) is 4.79 Å². The second-order valence-corrected chi connectivity index (χ2v) is 10.7. The van der Waals surface area contributed by atoms with Crippen LogP contribution in [0, 0.1) is 10.1 Å². The van der Waals surface area contributed by atoms with Crippen LogP contribution >= 0.6 is 0 Å². The number of carbonyl (C=O) groups is 2. The van der Waals surface area contributed by atoms with Crippen molar-refractivity contribution in [2.75, 3.05) is 13.3 Å². The number of aromatic nitrogens is 2. The normalized spacial score (nSPS) is 11.2. The summed E-state index contributed by atoms with van der Waals surface area (Å²) in [5.41, 5.74) is 11.6. The molecule has 0 amide bonds. The van der Waals surface area contributed by atoms with Crippen LogP contribution in [0.2, 0.25) is 0 Å². The molecule has 5 aromatic rings. The number of benzene rings is 4. The standard InChI is InChI=1S/C34H33N7O9/c1-2-47-33-37-29-12-6-11-28(32(42)43)30(29)39(33)18-22-13-15-25(16-14-22)26-9-3-4-10-27(26)31(35)38-40(36)21-49-34(44)48-19-23-7-5-8-24(17-23)20-50-41(45)46/h3-17H,2,18-21,36H2,1H3,(H2,35,38)(H,42,43). The molecule has 0 fully saturated rings. The van der Waals surface area contributed by atoms with Gasteiger partial charge in [0.1, 0.15) is 13.2 Å². The van der Waals surface area contributed by atoms with E-state index in [-0.39, 0.29) is 24.6 Å². The van der Waals surface area contributed by atoms with E-state index in [1.165, 1.54) is 6.07 Å². The maximum atomic E-state index is 12.1. The number of aromatic carboxylic acids is 1. The Morgan fingerprint density at radius 1 is 0.940 bits per heavy atom. The lowest BCUT2D eigenvalue weighted by Gasteiger charge is -2.15. The van der Waals surface area contributed by atoms with Crippen molar-refractivity contribution < 1.29 is 38.8 Å². The molecule has 0 aliphatic carbocycles. The van der Waals surface area contributed by atoms with E-state index in [2.05, 4.69) is 14.9 Å². The summed E-state index contributed by atoms with van der Waals surface area (Å²) < 4.78 is 17.6. The highest BCUT2D eigenvalue weighted by Gasteiger charge is 2.19. The number of hydrazone groups is 1. The molecular formula is C34H33N7O9. The highest BCUT2D eigenvalue weighted by atomic mass is 16.9. The number of nitrogens with zero attached hydrogens (tertiary/aromatic N) is 5. The van der Waals surface area contributed by atoms with Gasteiger partial charge in [-0.15, -0.1) is 15.2 Å². The molecule has 5 N–H and O–H groups in total. The van der Waals surface area contributed by atoms with Crippen LogP contribution in [-0.2, 0) is 34.1 Å². The summed E-state index contributed by atoms with van der Waals surface area (Å²) in [7, 11) is 0. The molecule has 50 heavy (non-hydrogen) atoms. The van der Waals surface area contributed by atoms with E-state index in [9.17, 15) is 24.8 Å². The first-order chi connectivity index (χ1) is 24.1. The van der Waals surface area contributed by atoms with Crippen LogP contribution in [0.25, 0.3) is 22.2 Å². The third-order valence-electron chi connectivity index (χ3n) is 7.28. The number of fused-ring (bicyclic) bond motifs is 1. The van der Waals surface area contributed by atoms with Gasteiger partial charge >= 0.3 is 12.1 Å². The lowest BCUT2D eigenvalue weighted by atomic mass is 9.98. The molecule has 5 rings (SSSR count). The van der Waals surface area contributed by atoms with Crippen LogP contribution in [0.3, 0.4) is 0 Å². The van der Waals surface area contributed by atoms with Crippen molar-refractivity contribution in [1.82, 2.24) is 14.7 Å². The van der Waals surface area contributed by atoms with Crippen molar-refractivity contribution in [2.45, 2.75) is 26.7 Å². The van der Waals surface area contributed by atoms with Crippen LogP contribution in [0.15, 0.2) is 96.1 Å². The molecule has 1 heterocycles. The van der Waals surface area contributed by atoms with Gasteiger partial charge < -0.3 is 29.9 Å². The predicted molar refractivity (Wildman–Crippen MR) is 180 cm³/mol. The molecule has 0 saturated heterocycles. The first-order valence-electron chi connectivity index (χ1n) is 15.2. The Kier molecular flexibility index (Phi) is 11.0. The minimum absolute atomic E-state index is 0.0605. The van der Waals surface area contributed by atoms with Crippen LogP contribution in [0.1, 0.15) is 39.5 Å². The van der Waals surface area contributed by atoms with Gasteiger partial charge in [0.25, 0.3) is 11.1 Å². The van der Waals surface area contributed by atoms with Gasteiger partial charge in [-0.25, -0.2) is 15.4 Å². The summed E-state index contributed by atoms with van der Waals surface area (Å²) in [5, 5.41) is 24.3. The first kappa shape index (κ1) is 34.6. The van der Waals surface area contributed by atoms with E-state index in [1.807, 2.05) is 43.3 Å². The highest BCUT2D eigenvalue weighted by molar-refractivity contribution is 6.03. The summed E-state index contributed by atoms with van der Waals surface area (Å²) in [4.78, 5) is 43.4. The molecule has 0 saturated carbocycles. The molecule has 4 aromatic carbocycles. The third kappa shape index (κ3) is 8.61. The molecular weight excluding hydrogens is 650 g/mol. The number of hydrazine groups is 1. The maximum absolute atomic E-state index is 12.1. The number of imidazole rings is 1. The molecule has 0 atom stereocenters. The van der Waals surface area contributed by atoms with Gasteiger partial charge in [-0.3, -0.25) is 4.57 Å². The van der Waals surface area contributed by atoms with Crippen LogP contribution < -0.4 is 16.3 Å². The fourth-order valence-corrected chi connectivity index (χ4v) is 5.11. The fourth-order valence-electron chi connectivity index (χ4n) is 5.11. The zero-order valence-electron chi connectivity index (χ0n) is 26.8. The SMILES string of the molecule is CCOc1nc2cccc(C(=O)O)c2n1Cc1ccc(-c2ccccc2/C(N)=N/N(N)COC(=O)OCc2cccc(CO[N+](=O)[O-])c2)cc1. The quantitative estimate of drug-likeness (QED) is 0.0260. The number of carboxylic acid groups (broad SMARTS) is 1. The molecule has 0 unspecified atom stereocenters. The van der Waals surface area contributed by atoms with Gasteiger partial charge in [0, 0.05) is 5.56 Å². The fraction of sp³-hybridized carbons (Fsp3) is 0.176. The van der Waals surface area contributed by atoms with Crippen molar-refractivity contribution in [3.8, 4) is 17.1 Å². The van der Waals surface area contributed by atoms with E-state index < -0.39 is 23.9 Å². The maximum Gasteiger partial charge on any atom is 0.510 e. The largest absolute Gasteiger partial charge is 0.510 e. The minimum Gasteiger partial charge on any atom is -0.478 e. The van der Waals surface area contributed by atoms with Gasteiger partial charge in [0.15, 0.2) is 12.6 Å². The Labute approximate surface area is 285 Å². The monoisotopic (exact) mass is 683 g/mol. The van der Waals surface area contributed by atoms with Gasteiger partial charge in [-0.05, 0) is 46.9 Å². The number of ether oxygens (including phenoxy) is 3. The van der Waals surface area contributed by atoms with E-state index in [0.717, 1.165) is 21.8 Å². The van der Waals surface area contributed by atoms with Crippen molar-refractivity contribution in [1.29, 1.82) is 0 Å². The van der Waals surface area contributed by atoms with E-state index in [1.54, 1.807) is 53.1 Å².